The van der Waals surface area contributed by atoms with Crippen LogP contribution < -0.4 is 4.90 Å². The highest BCUT2D eigenvalue weighted by Crippen LogP contribution is 2.31. The van der Waals surface area contributed by atoms with Crippen molar-refractivity contribution in [1.82, 2.24) is 0 Å². The third-order valence-corrected chi connectivity index (χ3v) is 3.53. The third-order valence-electron chi connectivity index (χ3n) is 2.92. The van der Waals surface area contributed by atoms with E-state index in [1.165, 1.54) is 6.07 Å². The maximum atomic E-state index is 10.8. The van der Waals surface area contributed by atoms with Crippen molar-refractivity contribution < 1.29 is 4.92 Å². The number of anilines is 2. The van der Waals surface area contributed by atoms with Crippen LogP contribution in [0.25, 0.3) is 0 Å². The van der Waals surface area contributed by atoms with Gasteiger partial charge in [0.1, 0.15) is 0 Å². The molecule has 0 spiro atoms. The van der Waals surface area contributed by atoms with Crippen molar-refractivity contribution >= 4 is 33.0 Å². The van der Waals surface area contributed by atoms with E-state index in [-0.39, 0.29) is 10.6 Å². The van der Waals surface area contributed by atoms with E-state index in [1.54, 1.807) is 12.1 Å². The molecule has 0 fully saturated rings. The van der Waals surface area contributed by atoms with Crippen LogP contribution in [-0.2, 0) is 5.33 Å². The van der Waals surface area contributed by atoms with E-state index in [0.717, 1.165) is 16.9 Å². The molecule has 2 rings (SSSR count). The Bertz CT molecular complexity index is 587. The first kappa shape index (κ1) is 13.5. The van der Waals surface area contributed by atoms with Crippen LogP contribution in [0, 0.1) is 10.1 Å². The zero-order valence-corrected chi connectivity index (χ0v) is 12.0. The van der Waals surface area contributed by atoms with Gasteiger partial charge in [-0.15, -0.1) is 0 Å². The predicted molar refractivity (Wildman–Crippen MR) is 80.2 cm³/mol. The first-order chi connectivity index (χ1) is 9.13. The second kappa shape index (κ2) is 5.84. The van der Waals surface area contributed by atoms with Gasteiger partial charge in [-0.1, -0.05) is 34.1 Å². The molecule has 0 aliphatic carbocycles. The van der Waals surface area contributed by atoms with Gasteiger partial charge < -0.3 is 4.90 Å². The predicted octanol–water partition coefficient (Wildman–Crippen LogP) is 4.26. The van der Waals surface area contributed by atoms with Crippen molar-refractivity contribution in [2.24, 2.45) is 0 Å². The van der Waals surface area contributed by atoms with Crippen LogP contribution in [-0.4, -0.2) is 12.0 Å². The smallest absolute Gasteiger partial charge is 0.269 e. The summed E-state index contributed by atoms with van der Waals surface area (Å²) in [6.45, 7) is 0. The maximum absolute atomic E-state index is 10.8. The lowest BCUT2D eigenvalue weighted by Gasteiger charge is -2.21. The number of para-hydroxylation sites is 1. The Morgan fingerprint density at radius 2 is 1.89 bits per heavy atom. The summed E-state index contributed by atoms with van der Waals surface area (Å²) in [5.41, 5.74) is 2.99. The van der Waals surface area contributed by atoms with Crippen LogP contribution in [0.5, 0.6) is 0 Å². The third kappa shape index (κ3) is 2.93. The van der Waals surface area contributed by atoms with Crippen molar-refractivity contribution in [2.45, 2.75) is 5.33 Å². The average molecular weight is 321 g/mol. The molecule has 2 aromatic carbocycles. The molecule has 0 aromatic heterocycles. The maximum Gasteiger partial charge on any atom is 0.269 e. The second-order valence-electron chi connectivity index (χ2n) is 4.10. The molecule has 4 nitrogen and oxygen atoms in total. The van der Waals surface area contributed by atoms with E-state index in [0.29, 0.717) is 5.33 Å². The van der Waals surface area contributed by atoms with Gasteiger partial charge in [-0.2, -0.15) is 0 Å². The van der Waals surface area contributed by atoms with E-state index in [1.807, 2.05) is 42.3 Å². The molecule has 19 heavy (non-hydrogen) atoms. The van der Waals surface area contributed by atoms with Crippen LogP contribution in [0.4, 0.5) is 17.1 Å². The number of hydrogen-bond donors (Lipinski definition) is 0. The average Bonchev–Trinajstić information content (AvgIpc) is 2.46. The van der Waals surface area contributed by atoms with Gasteiger partial charge in [-0.05, 0) is 23.8 Å². The Hall–Kier alpha value is -1.88. The molecule has 0 bridgehead atoms. The topological polar surface area (TPSA) is 46.4 Å². The zero-order valence-electron chi connectivity index (χ0n) is 10.4. The number of nitro groups is 1. The molecule has 0 radical (unpaired) electrons. The molecule has 0 saturated carbocycles. The molecule has 5 heteroatoms. The Kier molecular flexibility index (Phi) is 4.16. The second-order valence-corrected chi connectivity index (χ2v) is 4.66. The number of non-ortho nitro benzene ring substituents is 1. The van der Waals surface area contributed by atoms with Crippen LogP contribution in [0.15, 0.2) is 48.5 Å². The van der Waals surface area contributed by atoms with Crippen molar-refractivity contribution in [1.29, 1.82) is 0 Å². The van der Waals surface area contributed by atoms with Crippen LogP contribution in [0.3, 0.4) is 0 Å². The molecule has 0 heterocycles. The van der Waals surface area contributed by atoms with Gasteiger partial charge in [0, 0.05) is 35.9 Å². The van der Waals surface area contributed by atoms with Crippen LogP contribution >= 0.6 is 15.9 Å². The number of halogens is 1. The molecule has 0 atom stereocenters. The summed E-state index contributed by atoms with van der Waals surface area (Å²) in [7, 11) is 1.95. The highest BCUT2D eigenvalue weighted by Gasteiger charge is 2.13. The number of nitro benzene ring substituents is 1. The molecule has 0 unspecified atom stereocenters. The fourth-order valence-corrected chi connectivity index (χ4v) is 2.36. The summed E-state index contributed by atoms with van der Waals surface area (Å²) in [6, 6.07) is 14.8. The molecule has 0 aliphatic heterocycles. The molecule has 0 amide bonds. The lowest BCUT2D eigenvalue weighted by molar-refractivity contribution is -0.384. The van der Waals surface area contributed by atoms with Gasteiger partial charge >= 0.3 is 0 Å². The fourth-order valence-electron chi connectivity index (χ4n) is 1.91. The van der Waals surface area contributed by atoms with Gasteiger partial charge in [0.25, 0.3) is 5.69 Å². The molecule has 98 valence electrons. The van der Waals surface area contributed by atoms with Gasteiger partial charge in [0.05, 0.1) is 4.92 Å². The highest BCUT2D eigenvalue weighted by molar-refractivity contribution is 9.08. The summed E-state index contributed by atoms with van der Waals surface area (Å²) in [5, 5.41) is 11.4. The molecular formula is C14H13BrN2O2. The number of nitrogens with zero attached hydrogens (tertiary/aromatic N) is 2. The Morgan fingerprint density at radius 3 is 2.47 bits per heavy atom. The molecule has 2 aromatic rings. The highest BCUT2D eigenvalue weighted by atomic mass is 79.9. The van der Waals surface area contributed by atoms with Gasteiger partial charge in [0.2, 0.25) is 0 Å². The zero-order chi connectivity index (χ0) is 13.8. The monoisotopic (exact) mass is 320 g/mol. The lowest BCUT2D eigenvalue weighted by Crippen LogP contribution is -2.11. The normalized spacial score (nSPS) is 10.2. The van der Waals surface area contributed by atoms with Crippen molar-refractivity contribution in [2.75, 3.05) is 11.9 Å². The van der Waals surface area contributed by atoms with Crippen LogP contribution in [0.1, 0.15) is 5.56 Å². The Labute approximate surface area is 119 Å². The minimum Gasteiger partial charge on any atom is -0.344 e. The van der Waals surface area contributed by atoms with E-state index >= 15 is 0 Å². The fraction of sp³-hybridized carbons (Fsp3) is 0.143. The van der Waals surface area contributed by atoms with Crippen molar-refractivity contribution in [3.8, 4) is 0 Å². The quantitative estimate of drug-likeness (QED) is 0.480. The van der Waals surface area contributed by atoms with Gasteiger partial charge in [0.15, 0.2) is 0 Å². The molecule has 0 N–H and O–H groups in total. The van der Waals surface area contributed by atoms with E-state index in [2.05, 4.69) is 15.9 Å². The minimum atomic E-state index is -0.377. The summed E-state index contributed by atoms with van der Waals surface area (Å²) in [5.74, 6) is 0. The van der Waals surface area contributed by atoms with Crippen LogP contribution in [0.2, 0.25) is 0 Å². The van der Waals surface area contributed by atoms with E-state index in [9.17, 15) is 10.1 Å². The molecular weight excluding hydrogens is 308 g/mol. The minimum absolute atomic E-state index is 0.111. The molecule has 0 saturated heterocycles. The summed E-state index contributed by atoms with van der Waals surface area (Å²) in [4.78, 5) is 12.4. The number of benzene rings is 2. The standard InChI is InChI=1S/C14H13BrN2O2/c1-16(12-5-3-2-4-6-12)14-8-7-13(17(18)19)9-11(14)10-15/h2-9H,10H2,1H3. The lowest BCUT2D eigenvalue weighted by atomic mass is 10.1. The first-order valence-electron chi connectivity index (χ1n) is 5.75. The summed E-state index contributed by atoms with van der Waals surface area (Å²) in [6.07, 6.45) is 0. The van der Waals surface area contributed by atoms with Gasteiger partial charge in [-0.25, -0.2) is 0 Å². The van der Waals surface area contributed by atoms with E-state index in [4.69, 9.17) is 0 Å². The Morgan fingerprint density at radius 1 is 1.21 bits per heavy atom. The number of rotatable bonds is 4. The largest absolute Gasteiger partial charge is 0.344 e. The van der Waals surface area contributed by atoms with E-state index < -0.39 is 0 Å². The SMILES string of the molecule is CN(c1ccccc1)c1ccc([N+](=O)[O-])cc1CBr. The number of hydrogen-bond acceptors (Lipinski definition) is 3. The summed E-state index contributed by atoms with van der Waals surface area (Å²) < 4.78 is 0. The summed E-state index contributed by atoms with van der Waals surface area (Å²) >= 11 is 3.38. The van der Waals surface area contributed by atoms with Gasteiger partial charge in [-0.3, -0.25) is 10.1 Å². The van der Waals surface area contributed by atoms with Crippen molar-refractivity contribution in [3.05, 3.63) is 64.2 Å². The first-order valence-corrected chi connectivity index (χ1v) is 6.87. The molecule has 0 aliphatic rings. The van der Waals surface area contributed by atoms with Crippen molar-refractivity contribution in [3.63, 3.8) is 0 Å². The Balaban J connectivity index is 2.42. The number of alkyl halides is 1.